The van der Waals surface area contributed by atoms with Crippen molar-refractivity contribution in [3.05, 3.63) is 35.6 Å². The number of halogens is 1. The summed E-state index contributed by atoms with van der Waals surface area (Å²) in [5.41, 5.74) is 5.42. The number of urea groups is 1. The van der Waals surface area contributed by atoms with Crippen LogP contribution in [0, 0.1) is 17.7 Å². The Hall–Kier alpha value is -1.70. The summed E-state index contributed by atoms with van der Waals surface area (Å²) in [5.74, 6) is 0.125. The molecular formula is C27H44FN3O3. The van der Waals surface area contributed by atoms with Crippen LogP contribution >= 0.6 is 0 Å². The molecule has 0 radical (unpaired) electrons. The van der Waals surface area contributed by atoms with Gasteiger partial charge in [0.05, 0.1) is 5.60 Å². The number of nitrogens with one attached hydrogen (secondary N) is 1. The topological polar surface area (TPSA) is 87.8 Å². The van der Waals surface area contributed by atoms with Crippen molar-refractivity contribution in [2.45, 2.75) is 82.3 Å². The second-order valence-corrected chi connectivity index (χ2v) is 10.3. The van der Waals surface area contributed by atoms with Gasteiger partial charge in [0.25, 0.3) is 0 Å². The second-order valence-electron chi connectivity index (χ2n) is 10.3. The summed E-state index contributed by atoms with van der Waals surface area (Å²) in [6.07, 6.45) is 10.9. The molecule has 3 atom stereocenters. The summed E-state index contributed by atoms with van der Waals surface area (Å²) in [5, 5.41) is 15.1. The molecule has 192 valence electrons. The quantitative estimate of drug-likeness (QED) is 0.408. The van der Waals surface area contributed by atoms with Crippen molar-refractivity contribution in [2.24, 2.45) is 17.6 Å². The number of ether oxygens (including phenoxy) is 1. The number of carbonyl (C=O) groups excluding carboxylic acids is 1. The first-order valence-electron chi connectivity index (χ1n) is 13.2. The van der Waals surface area contributed by atoms with Gasteiger partial charge in [-0.1, -0.05) is 44.2 Å². The second kappa shape index (κ2) is 13.4. The van der Waals surface area contributed by atoms with Gasteiger partial charge in [0, 0.05) is 45.3 Å². The summed E-state index contributed by atoms with van der Waals surface area (Å²) < 4.78 is 19.2. The number of hydrogen-bond donors (Lipinski definition) is 3. The highest BCUT2D eigenvalue weighted by Gasteiger charge is 2.41. The Morgan fingerprint density at radius 1 is 1.26 bits per heavy atom. The minimum absolute atomic E-state index is 0.0212. The predicted molar refractivity (Wildman–Crippen MR) is 133 cm³/mol. The molecule has 1 aromatic rings. The number of amides is 2. The van der Waals surface area contributed by atoms with Gasteiger partial charge in [-0.25, -0.2) is 9.18 Å². The molecule has 1 aliphatic heterocycles. The third-order valence-electron chi connectivity index (χ3n) is 7.82. The molecule has 6 nitrogen and oxygen atoms in total. The first kappa shape index (κ1) is 26.9. The van der Waals surface area contributed by atoms with Gasteiger partial charge in [0.15, 0.2) is 0 Å². The van der Waals surface area contributed by atoms with Crippen LogP contribution in [-0.2, 0) is 10.3 Å². The van der Waals surface area contributed by atoms with Crippen LogP contribution in [0.1, 0.15) is 76.2 Å². The minimum Gasteiger partial charge on any atom is -0.385 e. The maximum Gasteiger partial charge on any atom is 0.317 e. The lowest BCUT2D eigenvalue weighted by Gasteiger charge is -2.43. The molecule has 34 heavy (non-hydrogen) atoms. The zero-order valence-corrected chi connectivity index (χ0v) is 20.8. The zero-order chi connectivity index (χ0) is 24.4. The van der Waals surface area contributed by atoms with Gasteiger partial charge >= 0.3 is 6.03 Å². The van der Waals surface area contributed by atoms with Crippen molar-refractivity contribution < 1.29 is 19.0 Å². The van der Waals surface area contributed by atoms with E-state index >= 15 is 0 Å². The van der Waals surface area contributed by atoms with Crippen molar-refractivity contribution in [1.82, 2.24) is 10.2 Å². The highest BCUT2D eigenvalue weighted by atomic mass is 19.1. The molecule has 4 N–H and O–H groups in total. The summed E-state index contributed by atoms with van der Waals surface area (Å²) in [6, 6.07) is 6.16. The largest absolute Gasteiger partial charge is 0.385 e. The standard InChI is InChI=1S/C27H44FN3O3/c1-34-16-6-5-14-27(33,22-11-7-13-24(28)18-22)23-12-8-15-31(20-23)26(32)30-25(19-29)17-21-9-3-2-4-10-21/h7,11,13,18,21,23,25,33H,2-6,8-10,12,14-17,19-20,29H2,1H3,(H,30,32). The fraction of sp³-hybridized carbons (Fsp3) is 0.741. The van der Waals surface area contributed by atoms with Crippen LogP contribution in [0.2, 0.25) is 0 Å². The number of likely N-dealkylation sites (tertiary alicyclic amines) is 1. The van der Waals surface area contributed by atoms with Crippen LogP contribution < -0.4 is 11.1 Å². The van der Waals surface area contributed by atoms with E-state index in [1.54, 1.807) is 19.2 Å². The molecule has 1 saturated carbocycles. The van der Waals surface area contributed by atoms with E-state index in [4.69, 9.17) is 10.5 Å². The fourth-order valence-corrected chi connectivity index (χ4v) is 5.84. The Kier molecular flexibility index (Phi) is 10.6. The third-order valence-corrected chi connectivity index (χ3v) is 7.82. The van der Waals surface area contributed by atoms with E-state index in [2.05, 4.69) is 5.32 Å². The predicted octanol–water partition coefficient (Wildman–Crippen LogP) is 4.55. The molecule has 1 heterocycles. The van der Waals surface area contributed by atoms with Crippen LogP contribution in [0.3, 0.4) is 0 Å². The lowest BCUT2D eigenvalue weighted by atomic mass is 9.74. The lowest BCUT2D eigenvalue weighted by Crippen LogP contribution is -2.53. The van der Waals surface area contributed by atoms with Crippen LogP contribution in [0.25, 0.3) is 0 Å². The number of aliphatic hydroxyl groups is 1. The van der Waals surface area contributed by atoms with Crippen LogP contribution in [0.4, 0.5) is 9.18 Å². The summed E-state index contributed by atoms with van der Waals surface area (Å²) in [4.78, 5) is 15.0. The summed E-state index contributed by atoms with van der Waals surface area (Å²) in [6.45, 7) is 2.17. The molecular weight excluding hydrogens is 433 g/mol. The number of benzene rings is 1. The van der Waals surface area contributed by atoms with Crippen molar-refractivity contribution in [3.63, 3.8) is 0 Å². The number of nitrogens with zero attached hydrogens (tertiary/aromatic N) is 1. The first-order chi connectivity index (χ1) is 16.5. The van der Waals surface area contributed by atoms with Crippen molar-refractivity contribution in [3.8, 4) is 0 Å². The smallest absolute Gasteiger partial charge is 0.317 e. The van der Waals surface area contributed by atoms with E-state index in [0.29, 0.717) is 44.1 Å². The maximum atomic E-state index is 14.1. The van der Waals surface area contributed by atoms with Crippen molar-refractivity contribution in [1.29, 1.82) is 0 Å². The molecule has 2 aliphatic rings. The highest BCUT2D eigenvalue weighted by Crippen LogP contribution is 2.40. The van der Waals surface area contributed by atoms with E-state index in [1.807, 2.05) is 4.90 Å². The Bertz CT molecular complexity index is 758. The molecule has 0 spiro atoms. The SMILES string of the molecule is COCCCCC(O)(c1cccc(F)c1)C1CCCN(C(=O)NC(CN)CC2CCCCC2)C1. The fourth-order valence-electron chi connectivity index (χ4n) is 5.84. The van der Waals surface area contributed by atoms with Gasteiger partial charge in [-0.15, -0.1) is 0 Å². The van der Waals surface area contributed by atoms with Gasteiger partial charge in [0.1, 0.15) is 5.82 Å². The summed E-state index contributed by atoms with van der Waals surface area (Å²) in [7, 11) is 1.67. The number of carbonyl (C=O) groups is 1. The molecule has 2 fully saturated rings. The number of methoxy groups -OCH3 is 1. The average molecular weight is 478 g/mol. The Balaban J connectivity index is 1.66. The Labute approximate surface area is 204 Å². The first-order valence-corrected chi connectivity index (χ1v) is 13.2. The van der Waals surface area contributed by atoms with Crippen LogP contribution in [-0.4, -0.2) is 55.4 Å². The normalized spacial score (nSPS) is 22.2. The maximum absolute atomic E-state index is 14.1. The van der Waals surface area contributed by atoms with E-state index in [1.165, 1.54) is 44.2 Å². The van der Waals surface area contributed by atoms with Crippen molar-refractivity contribution >= 4 is 6.03 Å². The number of unbranched alkanes of at least 4 members (excludes halogenated alkanes) is 1. The van der Waals surface area contributed by atoms with Gasteiger partial charge in [-0.05, 0) is 62.1 Å². The number of hydrogen-bond acceptors (Lipinski definition) is 4. The molecule has 0 bridgehead atoms. The van der Waals surface area contributed by atoms with E-state index < -0.39 is 5.60 Å². The molecule has 7 heteroatoms. The van der Waals surface area contributed by atoms with Gasteiger partial charge in [-0.2, -0.15) is 0 Å². The van der Waals surface area contributed by atoms with Crippen LogP contribution in [0.5, 0.6) is 0 Å². The molecule has 2 amide bonds. The van der Waals surface area contributed by atoms with Gasteiger partial charge in [0.2, 0.25) is 0 Å². The number of rotatable bonds is 11. The van der Waals surface area contributed by atoms with Crippen molar-refractivity contribution in [2.75, 3.05) is 33.4 Å². The third kappa shape index (κ3) is 7.40. The van der Waals surface area contributed by atoms with Gasteiger partial charge in [-0.3, -0.25) is 0 Å². The average Bonchev–Trinajstić information content (AvgIpc) is 2.86. The Morgan fingerprint density at radius 2 is 2.06 bits per heavy atom. The summed E-state index contributed by atoms with van der Waals surface area (Å²) >= 11 is 0. The molecule has 1 saturated heterocycles. The number of nitrogens with two attached hydrogens (primary N) is 1. The molecule has 1 aromatic carbocycles. The molecule has 1 aliphatic carbocycles. The van der Waals surface area contributed by atoms with E-state index in [9.17, 15) is 14.3 Å². The Morgan fingerprint density at radius 3 is 2.76 bits per heavy atom. The highest BCUT2D eigenvalue weighted by molar-refractivity contribution is 5.74. The zero-order valence-electron chi connectivity index (χ0n) is 20.8. The number of piperidine rings is 1. The molecule has 3 unspecified atom stereocenters. The molecule has 3 rings (SSSR count). The minimum atomic E-state index is -1.19. The molecule has 0 aromatic heterocycles. The monoisotopic (exact) mass is 477 g/mol. The van der Waals surface area contributed by atoms with E-state index in [0.717, 1.165) is 32.1 Å². The van der Waals surface area contributed by atoms with Crippen LogP contribution in [0.15, 0.2) is 24.3 Å². The lowest BCUT2D eigenvalue weighted by molar-refractivity contribution is -0.0565. The van der Waals surface area contributed by atoms with Gasteiger partial charge < -0.3 is 25.8 Å². The van der Waals surface area contributed by atoms with E-state index in [-0.39, 0.29) is 23.8 Å².